The first-order chi connectivity index (χ1) is 10.0. The first-order valence-corrected chi connectivity index (χ1v) is 6.69. The summed E-state index contributed by atoms with van der Waals surface area (Å²) in [4.78, 5) is 25.0. The molecule has 1 aromatic carbocycles. The van der Waals surface area contributed by atoms with Gasteiger partial charge in [-0.05, 0) is 31.5 Å². The highest BCUT2D eigenvalue weighted by molar-refractivity contribution is 6.00. The molecule has 6 nitrogen and oxygen atoms in total. The number of ketones is 1. The number of rotatable bonds is 3. The highest BCUT2D eigenvalue weighted by Crippen LogP contribution is 2.26. The number of benzene rings is 1. The number of nitrogens with one attached hydrogen (secondary N) is 1. The standard InChI is InChI=1S/C15H17N3O3/c1-10(19)13-4-3-11(8-16)7-14(13)18-6-5-12(9-18)17-15(20)21-2/h3-4,7,12H,5-6,9H2,1-2H3,(H,17,20). The first-order valence-electron chi connectivity index (χ1n) is 6.69. The zero-order valence-corrected chi connectivity index (χ0v) is 12.0. The number of hydrogen-bond donors (Lipinski definition) is 1. The normalized spacial score (nSPS) is 17.2. The van der Waals surface area contributed by atoms with Gasteiger partial charge in [-0.15, -0.1) is 0 Å². The van der Waals surface area contributed by atoms with Crippen LogP contribution in [0.15, 0.2) is 18.2 Å². The maximum Gasteiger partial charge on any atom is 0.407 e. The van der Waals surface area contributed by atoms with Crippen LogP contribution in [0.1, 0.15) is 29.3 Å². The number of alkyl carbamates (subject to hydrolysis) is 1. The summed E-state index contributed by atoms with van der Waals surface area (Å²) in [5.41, 5.74) is 1.85. The highest BCUT2D eigenvalue weighted by Gasteiger charge is 2.26. The summed E-state index contributed by atoms with van der Waals surface area (Å²) in [7, 11) is 1.33. The molecule has 0 spiro atoms. The zero-order valence-electron chi connectivity index (χ0n) is 12.0. The molecule has 1 atom stereocenters. The second kappa shape index (κ2) is 6.27. The van der Waals surface area contributed by atoms with Crippen LogP contribution in [0.4, 0.5) is 10.5 Å². The Morgan fingerprint density at radius 3 is 2.86 bits per heavy atom. The van der Waals surface area contributed by atoms with Crippen molar-refractivity contribution >= 4 is 17.6 Å². The number of ether oxygens (including phenoxy) is 1. The van der Waals surface area contributed by atoms with Gasteiger partial charge in [0.1, 0.15) is 0 Å². The summed E-state index contributed by atoms with van der Waals surface area (Å²) in [6, 6.07) is 7.09. The molecule has 1 fully saturated rings. The molecule has 0 radical (unpaired) electrons. The van der Waals surface area contributed by atoms with Crippen molar-refractivity contribution in [2.75, 3.05) is 25.1 Å². The van der Waals surface area contributed by atoms with Crippen LogP contribution in [0.2, 0.25) is 0 Å². The Kier molecular flexibility index (Phi) is 4.43. The molecular weight excluding hydrogens is 270 g/mol. The minimum Gasteiger partial charge on any atom is -0.453 e. The van der Waals surface area contributed by atoms with Crippen molar-refractivity contribution in [2.24, 2.45) is 0 Å². The van der Waals surface area contributed by atoms with Gasteiger partial charge in [-0.1, -0.05) is 0 Å². The first kappa shape index (κ1) is 14.9. The maximum atomic E-state index is 11.7. The largest absolute Gasteiger partial charge is 0.453 e. The van der Waals surface area contributed by atoms with Gasteiger partial charge < -0.3 is 15.0 Å². The van der Waals surface area contributed by atoms with Gasteiger partial charge in [0, 0.05) is 24.3 Å². The van der Waals surface area contributed by atoms with Gasteiger partial charge in [0.2, 0.25) is 0 Å². The van der Waals surface area contributed by atoms with Crippen LogP contribution in [-0.4, -0.2) is 38.1 Å². The van der Waals surface area contributed by atoms with E-state index >= 15 is 0 Å². The molecule has 1 aromatic rings. The van der Waals surface area contributed by atoms with Gasteiger partial charge >= 0.3 is 6.09 Å². The van der Waals surface area contributed by atoms with Crippen LogP contribution < -0.4 is 10.2 Å². The molecule has 1 unspecified atom stereocenters. The second-order valence-electron chi connectivity index (χ2n) is 4.97. The number of anilines is 1. The van der Waals surface area contributed by atoms with E-state index in [1.807, 2.05) is 4.90 Å². The fourth-order valence-corrected chi connectivity index (χ4v) is 2.48. The second-order valence-corrected chi connectivity index (χ2v) is 4.97. The number of Topliss-reactive ketones (excluding diaryl/α,β-unsaturated/α-hetero) is 1. The quantitative estimate of drug-likeness (QED) is 0.855. The van der Waals surface area contributed by atoms with E-state index in [9.17, 15) is 9.59 Å². The monoisotopic (exact) mass is 287 g/mol. The molecule has 6 heteroatoms. The lowest BCUT2D eigenvalue weighted by atomic mass is 10.1. The zero-order chi connectivity index (χ0) is 15.4. The van der Waals surface area contributed by atoms with E-state index < -0.39 is 6.09 Å². The number of nitriles is 1. The van der Waals surface area contributed by atoms with Crippen LogP contribution in [0.5, 0.6) is 0 Å². The average molecular weight is 287 g/mol. The van der Waals surface area contributed by atoms with Crippen LogP contribution in [0, 0.1) is 11.3 Å². The molecule has 0 saturated carbocycles. The predicted octanol–water partition coefficient (Wildman–Crippen LogP) is 1.70. The molecule has 0 aromatic heterocycles. The SMILES string of the molecule is COC(=O)NC1CCN(c2cc(C#N)ccc2C(C)=O)C1. The van der Waals surface area contributed by atoms with Gasteiger partial charge in [0.15, 0.2) is 5.78 Å². The molecule has 1 heterocycles. The molecule has 21 heavy (non-hydrogen) atoms. The predicted molar refractivity (Wildman–Crippen MR) is 77.3 cm³/mol. The molecule has 0 bridgehead atoms. The third-order valence-electron chi connectivity index (χ3n) is 3.54. The molecule has 1 N–H and O–H groups in total. The minimum absolute atomic E-state index is 0.0250. The van der Waals surface area contributed by atoms with Crippen LogP contribution in [0.3, 0.4) is 0 Å². The molecular formula is C15H17N3O3. The highest BCUT2D eigenvalue weighted by atomic mass is 16.5. The fraction of sp³-hybridized carbons (Fsp3) is 0.400. The van der Waals surface area contributed by atoms with Crippen molar-refractivity contribution in [2.45, 2.75) is 19.4 Å². The Morgan fingerprint density at radius 1 is 1.48 bits per heavy atom. The Hall–Kier alpha value is -2.55. The van der Waals surface area contributed by atoms with Gasteiger partial charge in [-0.25, -0.2) is 4.79 Å². The molecule has 1 amide bonds. The molecule has 2 rings (SSSR count). The Bertz CT molecular complexity index is 607. The third kappa shape index (κ3) is 3.31. The maximum absolute atomic E-state index is 11.7. The molecule has 1 aliphatic heterocycles. The van der Waals surface area contributed by atoms with E-state index in [0.29, 0.717) is 24.2 Å². The lowest BCUT2D eigenvalue weighted by Gasteiger charge is -2.21. The average Bonchev–Trinajstić information content (AvgIpc) is 2.94. The van der Waals surface area contributed by atoms with Gasteiger partial charge in [-0.2, -0.15) is 5.26 Å². The van der Waals surface area contributed by atoms with E-state index in [1.54, 1.807) is 18.2 Å². The van der Waals surface area contributed by atoms with Gasteiger partial charge in [0.25, 0.3) is 0 Å². The Morgan fingerprint density at radius 2 is 2.24 bits per heavy atom. The Labute approximate surface area is 123 Å². The lowest BCUT2D eigenvalue weighted by Crippen LogP contribution is -2.37. The summed E-state index contributed by atoms with van der Waals surface area (Å²) in [5.74, 6) is -0.0427. The topological polar surface area (TPSA) is 82.4 Å². The van der Waals surface area contributed by atoms with E-state index in [4.69, 9.17) is 5.26 Å². The van der Waals surface area contributed by atoms with Crippen molar-refractivity contribution in [1.29, 1.82) is 5.26 Å². The van der Waals surface area contributed by atoms with Crippen LogP contribution in [-0.2, 0) is 4.74 Å². The number of carbonyl (C=O) groups excluding carboxylic acids is 2. The summed E-state index contributed by atoms with van der Waals surface area (Å²) in [5, 5.41) is 11.8. The third-order valence-corrected chi connectivity index (χ3v) is 3.54. The summed E-state index contributed by atoms with van der Waals surface area (Å²) >= 11 is 0. The summed E-state index contributed by atoms with van der Waals surface area (Å²) < 4.78 is 4.59. The van der Waals surface area contributed by atoms with Crippen molar-refractivity contribution in [3.05, 3.63) is 29.3 Å². The van der Waals surface area contributed by atoms with E-state index in [2.05, 4.69) is 16.1 Å². The van der Waals surface area contributed by atoms with Gasteiger partial charge in [-0.3, -0.25) is 4.79 Å². The number of nitrogens with zero attached hydrogens (tertiary/aromatic N) is 2. The number of carbonyl (C=O) groups is 2. The number of amides is 1. The molecule has 1 saturated heterocycles. The van der Waals surface area contributed by atoms with Crippen molar-refractivity contribution in [1.82, 2.24) is 5.32 Å². The number of methoxy groups -OCH3 is 1. The molecule has 110 valence electrons. The van der Waals surface area contributed by atoms with E-state index in [-0.39, 0.29) is 11.8 Å². The molecule has 0 aliphatic carbocycles. The van der Waals surface area contributed by atoms with Crippen molar-refractivity contribution < 1.29 is 14.3 Å². The van der Waals surface area contributed by atoms with Crippen molar-refractivity contribution in [3.63, 3.8) is 0 Å². The fourth-order valence-electron chi connectivity index (χ4n) is 2.48. The van der Waals surface area contributed by atoms with Gasteiger partial charge in [0.05, 0.1) is 24.8 Å². The Balaban J connectivity index is 2.20. The smallest absolute Gasteiger partial charge is 0.407 e. The van der Waals surface area contributed by atoms with E-state index in [0.717, 1.165) is 12.1 Å². The summed E-state index contributed by atoms with van der Waals surface area (Å²) in [6.45, 7) is 2.80. The van der Waals surface area contributed by atoms with Crippen LogP contribution in [0.25, 0.3) is 0 Å². The van der Waals surface area contributed by atoms with Crippen molar-refractivity contribution in [3.8, 4) is 6.07 Å². The van der Waals surface area contributed by atoms with E-state index in [1.165, 1.54) is 14.0 Å². The van der Waals surface area contributed by atoms with Crippen LogP contribution >= 0.6 is 0 Å². The summed E-state index contributed by atoms with van der Waals surface area (Å²) in [6.07, 6.45) is 0.308. The number of hydrogen-bond acceptors (Lipinski definition) is 5. The lowest BCUT2D eigenvalue weighted by molar-refractivity contribution is 0.101. The molecule has 1 aliphatic rings. The minimum atomic E-state index is -0.459.